The minimum absolute atomic E-state index is 0.0587. The van der Waals surface area contributed by atoms with Crippen LogP contribution in [0.15, 0.2) is 54.9 Å². The van der Waals surface area contributed by atoms with Crippen molar-refractivity contribution in [2.24, 2.45) is 7.05 Å². The maximum atomic E-state index is 12.9. The van der Waals surface area contributed by atoms with E-state index in [-0.39, 0.29) is 11.9 Å². The number of Topliss-reactive ketones (excluding diaryl/α,β-unsaturated/α-hetero) is 1. The molecule has 0 unspecified atom stereocenters. The molecule has 2 amide bonds. The van der Waals surface area contributed by atoms with Crippen LogP contribution < -0.4 is 0 Å². The smallest absolute Gasteiger partial charge is 0.295 e. The fourth-order valence-electron chi connectivity index (χ4n) is 3.84. The third kappa shape index (κ3) is 3.40. The Morgan fingerprint density at radius 2 is 1.79 bits per heavy atom. The second-order valence-corrected chi connectivity index (χ2v) is 7.32. The van der Waals surface area contributed by atoms with Crippen molar-refractivity contribution in [2.75, 3.05) is 19.6 Å². The predicted molar refractivity (Wildman–Crippen MR) is 109 cm³/mol. The van der Waals surface area contributed by atoms with Crippen LogP contribution in [0.25, 0.3) is 11.0 Å². The molecular formula is C22H22N4O3. The third-order valence-corrected chi connectivity index (χ3v) is 5.37. The van der Waals surface area contributed by atoms with E-state index < -0.39 is 11.7 Å². The number of hydrogen-bond donors (Lipinski definition) is 0. The predicted octanol–water partition coefficient (Wildman–Crippen LogP) is 2.13. The zero-order valence-electron chi connectivity index (χ0n) is 16.4. The Kier molecular flexibility index (Phi) is 4.88. The van der Waals surface area contributed by atoms with Crippen LogP contribution in [-0.4, -0.2) is 62.6 Å². The molecule has 0 aliphatic carbocycles. The molecule has 0 saturated carbocycles. The molecule has 0 N–H and O–H groups in total. The molecule has 4 rings (SSSR count). The number of rotatable bonds is 3. The number of carbonyl (C=O) groups is 3. The molecule has 1 aliphatic heterocycles. The Balaban J connectivity index is 1.49. The molecule has 0 radical (unpaired) electrons. The second-order valence-electron chi connectivity index (χ2n) is 7.32. The zero-order chi connectivity index (χ0) is 20.5. The minimum atomic E-state index is -0.543. The lowest BCUT2D eigenvalue weighted by Gasteiger charge is -2.39. The van der Waals surface area contributed by atoms with Gasteiger partial charge in [0, 0.05) is 56.1 Å². The highest BCUT2D eigenvalue weighted by molar-refractivity contribution is 6.44. The highest BCUT2D eigenvalue weighted by atomic mass is 16.2. The van der Waals surface area contributed by atoms with Crippen molar-refractivity contribution in [1.29, 1.82) is 0 Å². The van der Waals surface area contributed by atoms with Crippen LogP contribution in [0.5, 0.6) is 0 Å². The van der Waals surface area contributed by atoms with Crippen molar-refractivity contribution in [3.05, 3.63) is 66.0 Å². The summed E-state index contributed by atoms with van der Waals surface area (Å²) in [5, 5.41) is 0.666. The molecule has 3 aromatic rings. The van der Waals surface area contributed by atoms with Crippen LogP contribution in [0.1, 0.15) is 27.6 Å². The van der Waals surface area contributed by atoms with Gasteiger partial charge < -0.3 is 14.4 Å². The van der Waals surface area contributed by atoms with Crippen molar-refractivity contribution < 1.29 is 14.4 Å². The van der Waals surface area contributed by atoms with Crippen molar-refractivity contribution >= 4 is 28.6 Å². The number of nitrogens with zero attached hydrogens (tertiary/aromatic N) is 4. The number of amides is 2. The number of aryl methyl sites for hydroxylation is 1. The largest absolute Gasteiger partial charge is 0.335 e. The average Bonchev–Trinajstić information content (AvgIpc) is 3.09. The molecule has 2 aromatic heterocycles. The first-order valence-electron chi connectivity index (χ1n) is 9.57. The van der Waals surface area contributed by atoms with Crippen molar-refractivity contribution in [1.82, 2.24) is 19.4 Å². The van der Waals surface area contributed by atoms with Gasteiger partial charge >= 0.3 is 0 Å². The van der Waals surface area contributed by atoms with Gasteiger partial charge in [0.2, 0.25) is 0 Å². The van der Waals surface area contributed by atoms with E-state index in [1.54, 1.807) is 53.2 Å². The summed E-state index contributed by atoms with van der Waals surface area (Å²) < 4.78 is 1.74. The van der Waals surface area contributed by atoms with E-state index in [0.29, 0.717) is 41.8 Å². The van der Waals surface area contributed by atoms with E-state index in [0.717, 1.165) is 0 Å². The topological polar surface area (TPSA) is 75.5 Å². The number of hydrogen-bond acceptors (Lipinski definition) is 4. The molecule has 0 spiro atoms. The SMILES string of the molecule is C[C@@H]1CN(C(=O)C(=O)c2cn(C)c3ncccc23)CCN1C(=O)c1ccccc1. The van der Waals surface area contributed by atoms with Crippen LogP contribution in [0.3, 0.4) is 0 Å². The lowest BCUT2D eigenvalue weighted by Crippen LogP contribution is -2.56. The van der Waals surface area contributed by atoms with Gasteiger partial charge in [0.15, 0.2) is 0 Å². The Bertz CT molecular complexity index is 1090. The van der Waals surface area contributed by atoms with Crippen LogP contribution in [0, 0.1) is 0 Å². The second kappa shape index (κ2) is 7.50. The van der Waals surface area contributed by atoms with E-state index >= 15 is 0 Å². The van der Waals surface area contributed by atoms with Gasteiger partial charge in [0.25, 0.3) is 17.6 Å². The fraction of sp³-hybridized carbons (Fsp3) is 0.273. The number of pyridine rings is 1. The highest BCUT2D eigenvalue weighted by Crippen LogP contribution is 2.21. The summed E-state index contributed by atoms with van der Waals surface area (Å²) in [5.41, 5.74) is 1.64. The molecule has 3 heterocycles. The molecule has 7 heteroatoms. The molecule has 1 saturated heterocycles. The van der Waals surface area contributed by atoms with E-state index in [4.69, 9.17) is 0 Å². The van der Waals surface area contributed by atoms with Crippen molar-refractivity contribution in [2.45, 2.75) is 13.0 Å². The van der Waals surface area contributed by atoms with Crippen LogP contribution >= 0.6 is 0 Å². The first kappa shape index (κ1) is 18.9. The molecule has 0 bridgehead atoms. The lowest BCUT2D eigenvalue weighted by atomic mass is 10.1. The quantitative estimate of drug-likeness (QED) is 0.507. The summed E-state index contributed by atoms with van der Waals surface area (Å²) in [6.07, 6.45) is 3.31. The summed E-state index contributed by atoms with van der Waals surface area (Å²) >= 11 is 0. The Morgan fingerprint density at radius 1 is 1.03 bits per heavy atom. The van der Waals surface area contributed by atoms with Crippen molar-refractivity contribution in [3.8, 4) is 0 Å². The lowest BCUT2D eigenvalue weighted by molar-refractivity contribution is -0.128. The molecule has 148 valence electrons. The van der Waals surface area contributed by atoms with Crippen LogP contribution in [-0.2, 0) is 11.8 Å². The van der Waals surface area contributed by atoms with Gasteiger partial charge in [0.05, 0.1) is 5.56 Å². The van der Waals surface area contributed by atoms with Gasteiger partial charge in [-0.2, -0.15) is 0 Å². The third-order valence-electron chi connectivity index (χ3n) is 5.37. The Hall–Kier alpha value is -3.48. The van der Waals surface area contributed by atoms with E-state index in [1.807, 2.05) is 25.1 Å². The Labute approximate surface area is 168 Å². The van der Waals surface area contributed by atoms with Crippen LogP contribution in [0.4, 0.5) is 0 Å². The van der Waals surface area contributed by atoms with E-state index in [9.17, 15) is 14.4 Å². The first-order chi connectivity index (χ1) is 14.0. The summed E-state index contributed by atoms with van der Waals surface area (Å²) in [5.74, 6) is -1.14. The molecule has 29 heavy (non-hydrogen) atoms. The van der Waals surface area contributed by atoms with Gasteiger partial charge in [0.1, 0.15) is 5.65 Å². The maximum absolute atomic E-state index is 12.9. The maximum Gasteiger partial charge on any atom is 0.295 e. The number of piperazine rings is 1. The molecule has 1 fully saturated rings. The number of fused-ring (bicyclic) bond motifs is 1. The number of ketones is 1. The number of carbonyl (C=O) groups excluding carboxylic acids is 3. The summed E-state index contributed by atoms with van der Waals surface area (Å²) in [6.45, 7) is 2.94. The Morgan fingerprint density at radius 3 is 2.52 bits per heavy atom. The molecule has 7 nitrogen and oxygen atoms in total. The monoisotopic (exact) mass is 390 g/mol. The summed E-state index contributed by atoms with van der Waals surface area (Å²) in [7, 11) is 1.80. The summed E-state index contributed by atoms with van der Waals surface area (Å²) in [4.78, 5) is 46.1. The van der Waals surface area contributed by atoms with Gasteiger partial charge in [-0.05, 0) is 31.2 Å². The molecule has 1 aromatic carbocycles. The van der Waals surface area contributed by atoms with Gasteiger partial charge in [-0.1, -0.05) is 18.2 Å². The highest BCUT2D eigenvalue weighted by Gasteiger charge is 2.33. The van der Waals surface area contributed by atoms with Gasteiger partial charge in [-0.15, -0.1) is 0 Å². The minimum Gasteiger partial charge on any atom is -0.335 e. The first-order valence-corrected chi connectivity index (χ1v) is 9.57. The zero-order valence-corrected chi connectivity index (χ0v) is 16.4. The fourth-order valence-corrected chi connectivity index (χ4v) is 3.84. The number of benzene rings is 1. The normalized spacial score (nSPS) is 16.8. The van der Waals surface area contributed by atoms with E-state index in [2.05, 4.69) is 4.98 Å². The van der Waals surface area contributed by atoms with Crippen LogP contribution in [0.2, 0.25) is 0 Å². The van der Waals surface area contributed by atoms with Gasteiger partial charge in [-0.3, -0.25) is 14.4 Å². The average molecular weight is 390 g/mol. The standard InChI is InChI=1S/C22H22N4O3/c1-15-13-25(11-12-26(15)21(28)16-7-4-3-5-8-16)22(29)19(27)18-14-24(2)20-17(18)9-6-10-23-20/h3-10,14-15H,11-13H2,1-2H3/t15-/m1/s1. The molecular weight excluding hydrogens is 368 g/mol. The molecule has 1 aliphatic rings. The van der Waals surface area contributed by atoms with Gasteiger partial charge in [-0.25, -0.2) is 4.98 Å². The summed E-state index contributed by atoms with van der Waals surface area (Å²) in [6, 6.07) is 12.5. The molecule has 1 atom stereocenters. The number of aromatic nitrogens is 2. The van der Waals surface area contributed by atoms with Crippen molar-refractivity contribution in [3.63, 3.8) is 0 Å². The van der Waals surface area contributed by atoms with E-state index in [1.165, 1.54) is 4.90 Å².